The lowest BCUT2D eigenvalue weighted by molar-refractivity contribution is -0.160. The van der Waals surface area contributed by atoms with Crippen LogP contribution < -0.4 is 10.2 Å². The molecule has 1 aromatic heterocycles. The van der Waals surface area contributed by atoms with E-state index < -0.39 is 6.04 Å². The van der Waals surface area contributed by atoms with Gasteiger partial charge in [0.1, 0.15) is 11.0 Å². The van der Waals surface area contributed by atoms with Gasteiger partial charge in [-0.1, -0.05) is 11.3 Å². The SMILES string of the molecule is CN(C)c1ccc(-c2nnc(NC(=O)C3CCCN3C(=O)C34CC5CC(CC(C5)C3)C4)s2)cc1. The smallest absolute Gasteiger partial charge is 0.249 e. The van der Waals surface area contributed by atoms with Crippen LogP contribution in [0.4, 0.5) is 10.8 Å². The lowest BCUT2D eigenvalue weighted by Crippen LogP contribution is -2.56. The zero-order chi connectivity index (χ0) is 23.4. The Hall–Kier alpha value is -2.48. The maximum absolute atomic E-state index is 13.8. The van der Waals surface area contributed by atoms with Gasteiger partial charge in [-0.15, -0.1) is 10.2 Å². The first-order chi connectivity index (χ1) is 16.4. The first kappa shape index (κ1) is 22.0. The van der Waals surface area contributed by atoms with Gasteiger partial charge in [0.05, 0.1) is 5.41 Å². The number of nitrogens with one attached hydrogen (secondary N) is 1. The molecule has 0 radical (unpaired) electrons. The van der Waals surface area contributed by atoms with E-state index in [1.807, 2.05) is 48.2 Å². The molecule has 2 amide bonds. The minimum absolute atomic E-state index is 0.124. The van der Waals surface area contributed by atoms with Crippen LogP contribution in [0.15, 0.2) is 24.3 Å². The predicted molar refractivity (Wildman–Crippen MR) is 134 cm³/mol. The first-order valence-corrected chi connectivity index (χ1v) is 13.4. The highest BCUT2D eigenvalue weighted by atomic mass is 32.1. The standard InChI is InChI=1S/C26H33N5O2S/c1-30(2)20-7-5-19(6-8-20)23-28-29-25(34-23)27-22(32)21-4-3-9-31(21)24(33)26-13-16-10-17(14-26)12-18(11-16)15-26/h5-8,16-18,21H,3-4,9-15H2,1-2H3,(H,27,29,32). The van der Waals surface area contributed by atoms with E-state index in [0.717, 1.165) is 66.1 Å². The molecular weight excluding hydrogens is 446 g/mol. The van der Waals surface area contributed by atoms with Gasteiger partial charge in [-0.25, -0.2) is 0 Å². The van der Waals surface area contributed by atoms with Crippen molar-refractivity contribution in [1.29, 1.82) is 0 Å². The monoisotopic (exact) mass is 479 g/mol. The topological polar surface area (TPSA) is 78.4 Å². The van der Waals surface area contributed by atoms with Crippen molar-refractivity contribution in [3.63, 3.8) is 0 Å². The number of carbonyl (C=O) groups excluding carboxylic acids is 2. The van der Waals surface area contributed by atoms with Crippen molar-refractivity contribution in [1.82, 2.24) is 15.1 Å². The fourth-order valence-electron chi connectivity index (χ4n) is 7.44. The summed E-state index contributed by atoms with van der Waals surface area (Å²) in [4.78, 5) is 31.1. The molecule has 4 aliphatic carbocycles. The Bertz CT molecular complexity index is 1060. The minimum atomic E-state index is -0.396. The number of anilines is 2. The van der Waals surface area contributed by atoms with Crippen LogP contribution in [0.2, 0.25) is 0 Å². The van der Waals surface area contributed by atoms with E-state index >= 15 is 0 Å². The van der Waals surface area contributed by atoms with Gasteiger partial charge in [0, 0.05) is 31.9 Å². The number of likely N-dealkylation sites (tertiary alicyclic amines) is 1. The largest absolute Gasteiger partial charge is 0.378 e. The van der Waals surface area contributed by atoms with E-state index in [0.29, 0.717) is 11.7 Å². The summed E-state index contributed by atoms with van der Waals surface area (Å²) in [6.45, 7) is 0.693. The summed E-state index contributed by atoms with van der Waals surface area (Å²) in [6.07, 6.45) is 8.66. The summed E-state index contributed by atoms with van der Waals surface area (Å²) in [7, 11) is 4.02. The van der Waals surface area contributed by atoms with Crippen LogP contribution in [-0.2, 0) is 9.59 Å². The number of carbonyl (C=O) groups is 2. The Morgan fingerprint density at radius 1 is 1.03 bits per heavy atom. The fourth-order valence-corrected chi connectivity index (χ4v) is 8.19. The van der Waals surface area contributed by atoms with Crippen LogP contribution in [0.3, 0.4) is 0 Å². The van der Waals surface area contributed by atoms with E-state index in [1.54, 1.807) is 0 Å². The van der Waals surface area contributed by atoms with E-state index in [2.05, 4.69) is 15.5 Å². The van der Waals surface area contributed by atoms with Crippen molar-refractivity contribution < 1.29 is 9.59 Å². The summed E-state index contributed by atoms with van der Waals surface area (Å²) in [5, 5.41) is 12.7. The average Bonchev–Trinajstić information content (AvgIpc) is 3.47. The maximum atomic E-state index is 13.8. The quantitative estimate of drug-likeness (QED) is 0.687. The van der Waals surface area contributed by atoms with E-state index in [4.69, 9.17) is 0 Å². The van der Waals surface area contributed by atoms with Crippen molar-refractivity contribution >= 4 is 34.0 Å². The van der Waals surface area contributed by atoms with Gasteiger partial charge in [0.2, 0.25) is 16.9 Å². The van der Waals surface area contributed by atoms with Gasteiger partial charge in [-0.05, 0) is 93.4 Å². The Labute approximate surface area is 204 Å². The number of nitrogens with zero attached hydrogens (tertiary/aromatic N) is 4. The molecule has 1 atom stereocenters. The summed E-state index contributed by atoms with van der Waals surface area (Å²) in [6, 6.07) is 7.73. The highest BCUT2D eigenvalue weighted by molar-refractivity contribution is 7.18. The molecule has 1 aromatic carbocycles. The molecule has 7 nitrogen and oxygen atoms in total. The predicted octanol–water partition coefficient (Wildman–Crippen LogP) is 4.42. The van der Waals surface area contributed by atoms with Gasteiger partial charge < -0.3 is 9.80 Å². The van der Waals surface area contributed by atoms with Crippen LogP contribution in [0.1, 0.15) is 51.4 Å². The maximum Gasteiger partial charge on any atom is 0.249 e. The van der Waals surface area contributed by atoms with Crippen molar-refractivity contribution in [3.05, 3.63) is 24.3 Å². The van der Waals surface area contributed by atoms with Crippen molar-refractivity contribution in [2.45, 2.75) is 57.4 Å². The molecule has 2 heterocycles. The highest BCUT2D eigenvalue weighted by Crippen LogP contribution is 2.60. The van der Waals surface area contributed by atoms with Gasteiger partial charge in [-0.2, -0.15) is 0 Å². The molecule has 5 fully saturated rings. The van der Waals surface area contributed by atoms with Crippen LogP contribution >= 0.6 is 11.3 Å². The molecule has 1 aliphatic heterocycles. The second-order valence-corrected chi connectivity index (χ2v) is 12.2. The second-order valence-electron chi connectivity index (χ2n) is 11.2. The lowest BCUT2D eigenvalue weighted by Gasteiger charge is -2.56. The molecule has 4 saturated carbocycles. The summed E-state index contributed by atoms with van der Waals surface area (Å²) >= 11 is 1.37. The summed E-state index contributed by atoms with van der Waals surface area (Å²) in [5.74, 6) is 2.29. The van der Waals surface area contributed by atoms with Gasteiger partial charge >= 0.3 is 0 Å². The molecule has 1 unspecified atom stereocenters. The lowest BCUT2D eigenvalue weighted by atomic mass is 9.49. The Kier molecular flexibility index (Phi) is 5.39. The van der Waals surface area contributed by atoms with Gasteiger partial charge in [-0.3, -0.25) is 14.9 Å². The Morgan fingerprint density at radius 3 is 2.29 bits per heavy atom. The Morgan fingerprint density at radius 2 is 1.68 bits per heavy atom. The van der Waals surface area contributed by atoms with Crippen LogP contribution in [0, 0.1) is 23.2 Å². The third-order valence-electron chi connectivity index (χ3n) is 8.59. The second kappa shape index (κ2) is 8.33. The zero-order valence-electron chi connectivity index (χ0n) is 20.0. The van der Waals surface area contributed by atoms with Crippen molar-refractivity contribution in [3.8, 4) is 10.6 Å². The first-order valence-electron chi connectivity index (χ1n) is 12.6. The molecule has 7 rings (SSSR count). The van der Waals surface area contributed by atoms with Crippen LogP contribution in [0.5, 0.6) is 0 Å². The molecular formula is C26H33N5O2S. The zero-order valence-corrected chi connectivity index (χ0v) is 20.8. The molecule has 0 spiro atoms. The highest BCUT2D eigenvalue weighted by Gasteiger charge is 2.56. The molecule has 180 valence electrons. The molecule has 4 bridgehead atoms. The van der Waals surface area contributed by atoms with Crippen molar-refractivity contribution in [2.75, 3.05) is 30.9 Å². The number of hydrogen-bond acceptors (Lipinski definition) is 6. The van der Waals surface area contributed by atoms with Gasteiger partial charge in [0.15, 0.2) is 0 Å². The number of amides is 2. The fraction of sp³-hybridized carbons (Fsp3) is 0.615. The normalized spacial score (nSPS) is 31.6. The van der Waals surface area contributed by atoms with E-state index in [1.165, 1.54) is 30.6 Å². The Balaban J connectivity index is 1.14. The molecule has 5 aliphatic rings. The minimum Gasteiger partial charge on any atom is -0.378 e. The summed E-state index contributed by atoms with van der Waals surface area (Å²) in [5.41, 5.74) is 1.89. The summed E-state index contributed by atoms with van der Waals surface area (Å²) < 4.78 is 0. The van der Waals surface area contributed by atoms with Crippen LogP contribution in [0.25, 0.3) is 10.6 Å². The van der Waals surface area contributed by atoms with Gasteiger partial charge in [0.25, 0.3) is 0 Å². The number of benzene rings is 1. The molecule has 1 saturated heterocycles. The van der Waals surface area contributed by atoms with Crippen molar-refractivity contribution in [2.24, 2.45) is 23.2 Å². The van der Waals surface area contributed by atoms with E-state index in [-0.39, 0.29) is 17.2 Å². The average molecular weight is 480 g/mol. The number of rotatable bonds is 5. The molecule has 2 aromatic rings. The molecule has 8 heteroatoms. The third-order valence-corrected chi connectivity index (χ3v) is 9.48. The number of hydrogen-bond donors (Lipinski definition) is 1. The molecule has 1 N–H and O–H groups in total. The third kappa shape index (κ3) is 3.80. The van der Waals surface area contributed by atoms with E-state index in [9.17, 15) is 9.59 Å². The molecule has 34 heavy (non-hydrogen) atoms. The van der Waals surface area contributed by atoms with Crippen LogP contribution in [-0.4, -0.2) is 53.6 Å². The number of aromatic nitrogens is 2.